The van der Waals surface area contributed by atoms with Crippen molar-refractivity contribution in [2.45, 2.75) is 112 Å². The van der Waals surface area contributed by atoms with Crippen molar-refractivity contribution in [2.75, 3.05) is 26.8 Å². The van der Waals surface area contributed by atoms with Crippen LogP contribution in [0.25, 0.3) is 10.4 Å². The molecule has 1 aliphatic carbocycles. The lowest BCUT2D eigenvalue weighted by Crippen LogP contribution is -2.72. The second-order valence-corrected chi connectivity index (χ2v) is 11.5. The Labute approximate surface area is 262 Å². The Hall–Kier alpha value is -2.76. The first-order valence-electron chi connectivity index (χ1n) is 14.3. The van der Waals surface area contributed by atoms with Crippen LogP contribution in [0, 0.1) is 0 Å². The Morgan fingerprint density at radius 2 is 1.52 bits per heavy atom. The van der Waals surface area contributed by atoms with Gasteiger partial charge >= 0.3 is 0 Å². The van der Waals surface area contributed by atoms with Crippen LogP contribution < -0.4 is 10.6 Å². The average molecular weight is 667 g/mol. The second-order valence-electron chi connectivity index (χ2n) is 11.5. The fourth-order valence-electron chi connectivity index (χ4n) is 5.83. The van der Waals surface area contributed by atoms with Gasteiger partial charge in [-0.05, 0) is 12.5 Å². The number of likely N-dealkylation sites (N-methyl/N-ethyl adjacent to an activating group) is 1. The average Bonchev–Trinajstić information content (AvgIpc) is 3.24. The van der Waals surface area contributed by atoms with Gasteiger partial charge in [0.2, 0.25) is 17.7 Å². The topological polar surface area (TPSA) is 326 Å². The number of aliphatic hydroxyl groups excluding tert-OH is 7. The highest BCUT2D eigenvalue weighted by Crippen LogP contribution is 2.39. The Bertz CT molecular complexity index is 1150. The standard InChI is InChI=1S/C25H42N6O15/c1-8-25(42,7-33)22(46-23-15(31(4)12(36)5-27-30-26)19(40)16(37)11(6-32)44-23)24(43-8)45-21-14(29-10(3)35)17(38)13(28-9(2)34)18(39)20(21)41/h8,11,13-24,32-33,37-42H,5-7H2,1-4H3,(H,28,34)(H,29,35)/t8-,11?,13?,14?,15?,16?,17?,18?,19?,20?,21?,22?,23+,24-,25+/m0/s1. The first-order chi connectivity index (χ1) is 21.5. The molecule has 15 atom stereocenters. The van der Waals surface area contributed by atoms with Crippen LogP contribution in [0.5, 0.6) is 0 Å². The van der Waals surface area contributed by atoms with Crippen LogP contribution in [0.15, 0.2) is 5.11 Å². The number of nitrogens with one attached hydrogen (secondary N) is 2. The van der Waals surface area contributed by atoms with Gasteiger partial charge in [-0.15, -0.1) is 0 Å². The number of amides is 3. The molecule has 2 saturated heterocycles. The summed E-state index contributed by atoms with van der Waals surface area (Å²) in [7, 11) is 1.17. The molecule has 2 aliphatic heterocycles. The van der Waals surface area contributed by atoms with Crippen LogP contribution in [-0.4, -0.2) is 182 Å². The summed E-state index contributed by atoms with van der Waals surface area (Å²) in [5.41, 5.74) is 6.29. The number of rotatable bonds is 11. The van der Waals surface area contributed by atoms with Gasteiger partial charge in [-0.1, -0.05) is 5.11 Å². The van der Waals surface area contributed by atoms with Gasteiger partial charge < -0.3 is 75.3 Å². The first kappa shape index (κ1) is 37.7. The maximum atomic E-state index is 12.7. The van der Waals surface area contributed by atoms with E-state index in [9.17, 15) is 55.2 Å². The molecule has 0 bridgehead atoms. The molecule has 262 valence electrons. The first-order valence-corrected chi connectivity index (χ1v) is 14.3. The molecule has 0 spiro atoms. The van der Waals surface area contributed by atoms with Gasteiger partial charge in [-0.25, -0.2) is 0 Å². The Balaban J connectivity index is 2.00. The van der Waals surface area contributed by atoms with E-state index in [1.165, 1.54) is 14.0 Å². The summed E-state index contributed by atoms with van der Waals surface area (Å²) in [6.45, 7) is 0.949. The van der Waals surface area contributed by atoms with Crippen molar-refractivity contribution in [3.63, 3.8) is 0 Å². The zero-order chi connectivity index (χ0) is 34.7. The van der Waals surface area contributed by atoms with Crippen LogP contribution >= 0.6 is 0 Å². The van der Waals surface area contributed by atoms with Gasteiger partial charge in [-0.3, -0.25) is 14.4 Å². The third-order valence-corrected chi connectivity index (χ3v) is 8.45. The third-order valence-electron chi connectivity index (χ3n) is 8.45. The van der Waals surface area contributed by atoms with E-state index < -0.39 is 129 Å². The summed E-state index contributed by atoms with van der Waals surface area (Å²) in [5.74, 6) is -2.21. The number of hydrogen-bond acceptors (Lipinski definition) is 16. The number of aliphatic hydroxyl groups is 8. The van der Waals surface area contributed by atoms with E-state index in [1.54, 1.807) is 0 Å². The number of carbonyl (C=O) groups is 3. The zero-order valence-electron chi connectivity index (χ0n) is 25.4. The second kappa shape index (κ2) is 15.4. The molecule has 0 aromatic carbocycles. The van der Waals surface area contributed by atoms with Crippen LogP contribution in [0.1, 0.15) is 20.8 Å². The van der Waals surface area contributed by atoms with Crippen LogP contribution in [0.2, 0.25) is 0 Å². The van der Waals surface area contributed by atoms with Crippen LogP contribution in [0.3, 0.4) is 0 Å². The number of azide groups is 1. The van der Waals surface area contributed by atoms with Gasteiger partial charge in [0.1, 0.15) is 60.9 Å². The predicted octanol–water partition coefficient (Wildman–Crippen LogP) is -6.09. The predicted molar refractivity (Wildman–Crippen MR) is 148 cm³/mol. The fourth-order valence-corrected chi connectivity index (χ4v) is 5.83. The molecule has 0 aromatic rings. The van der Waals surface area contributed by atoms with Gasteiger partial charge in [-0.2, -0.15) is 0 Å². The molecule has 0 radical (unpaired) electrons. The highest BCUT2D eigenvalue weighted by atomic mass is 16.8. The zero-order valence-corrected chi connectivity index (χ0v) is 25.4. The molecule has 10 N–H and O–H groups in total. The largest absolute Gasteiger partial charge is 0.394 e. The lowest BCUT2D eigenvalue weighted by atomic mass is 9.81. The molecular formula is C25H42N6O15. The lowest BCUT2D eigenvalue weighted by Gasteiger charge is -2.48. The molecule has 3 amide bonds. The molecule has 46 heavy (non-hydrogen) atoms. The van der Waals surface area contributed by atoms with Crippen LogP contribution in [0.4, 0.5) is 0 Å². The van der Waals surface area contributed by atoms with E-state index in [2.05, 4.69) is 20.7 Å². The van der Waals surface area contributed by atoms with Crippen molar-refractivity contribution in [2.24, 2.45) is 5.11 Å². The van der Waals surface area contributed by atoms with E-state index in [0.29, 0.717) is 0 Å². The molecule has 21 heteroatoms. The Morgan fingerprint density at radius 1 is 0.913 bits per heavy atom. The molecule has 3 rings (SSSR count). The van der Waals surface area contributed by atoms with E-state index in [1.807, 2.05) is 0 Å². The van der Waals surface area contributed by atoms with Crippen LogP contribution in [-0.2, 0) is 33.3 Å². The summed E-state index contributed by atoms with van der Waals surface area (Å²) < 4.78 is 23.3. The third kappa shape index (κ3) is 7.52. The summed E-state index contributed by atoms with van der Waals surface area (Å²) in [4.78, 5) is 39.8. The molecule has 21 nitrogen and oxygen atoms in total. The fraction of sp³-hybridized carbons (Fsp3) is 0.880. The lowest BCUT2D eigenvalue weighted by molar-refractivity contribution is -0.326. The minimum absolute atomic E-state index is 0.663. The number of hydrogen-bond donors (Lipinski definition) is 10. The quantitative estimate of drug-likeness (QED) is 0.0557. The maximum Gasteiger partial charge on any atom is 0.228 e. The molecular weight excluding hydrogens is 624 g/mol. The Kier molecular flexibility index (Phi) is 12.6. The monoisotopic (exact) mass is 666 g/mol. The maximum absolute atomic E-state index is 12.7. The van der Waals surface area contributed by atoms with Crippen molar-refractivity contribution in [1.29, 1.82) is 0 Å². The van der Waals surface area contributed by atoms with Gasteiger partial charge in [0.15, 0.2) is 12.6 Å². The highest BCUT2D eigenvalue weighted by molar-refractivity contribution is 5.78. The SMILES string of the molecule is CC(=O)NC1C(O)C(O)C(O[C@@H]2O[C@@H](C)[C@](O)(CO)C2O[C@H]2OC(CO)C(O)C(O)C2N(C)C(=O)CN=[N+]=[N-])C(NC(C)=O)C1O. The number of ether oxygens (including phenoxy) is 4. The van der Waals surface area contributed by atoms with Crippen molar-refractivity contribution in [3.8, 4) is 0 Å². The highest BCUT2D eigenvalue weighted by Gasteiger charge is 2.61. The van der Waals surface area contributed by atoms with E-state index >= 15 is 0 Å². The minimum Gasteiger partial charge on any atom is -0.394 e. The normalized spacial score (nSPS) is 42.5. The van der Waals surface area contributed by atoms with Gasteiger partial charge in [0.05, 0.1) is 37.5 Å². The van der Waals surface area contributed by atoms with Gasteiger partial charge in [0.25, 0.3) is 0 Å². The smallest absolute Gasteiger partial charge is 0.228 e. The Morgan fingerprint density at radius 3 is 2.07 bits per heavy atom. The van der Waals surface area contributed by atoms with Crippen molar-refractivity contribution in [1.82, 2.24) is 15.5 Å². The summed E-state index contributed by atoms with van der Waals surface area (Å²) in [6, 6.07) is -4.52. The molecule has 3 fully saturated rings. The summed E-state index contributed by atoms with van der Waals surface area (Å²) in [5, 5.41) is 93.6. The van der Waals surface area contributed by atoms with E-state index in [0.717, 1.165) is 18.7 Å². The van der Waals surface area contributed by atoms with E-state index in [4.69, 9.17) is 24.5 Å². The van der Waals surface area contributed by atoms with Gasteiger partial charge in [0, 0.05) is 25.8 Å². The molecule has 11 unspecified atom stereocenters. The van der Waals surface area contributed by atoms with Crippen molar-refractivity contribution in [3.05, 3.63) is 10.4 Å². The molecule has 3 aliphatic rings. The minimum atomic E-state index is -2.32. The summed E-state index contributed by atoms with van der Waals surface area (Å²) >= 11 is 0. The molecule has 0 aromatic heterocycles. The molecule has 1 saturated carbocycles. The van der Waals surface area contributed by atoms with E-state index in [-0.39, 0.29) is 0 Å². The van der Waals surface area contributed by atoms with Crippen molar-refractivity contribution < 1.29 is 74.2 Å². The molecule has 2 heterocycles. The summed E-state index contributed by atoms with van der Waals surface area (Å²) in [6.07, 6.45) is -18.9. The number of nitrogens with zero attached hydrogens (tertiary/aromatic N) is 4. The van der Waals surface area contributed by atoms with Crippen molar-refractivity contribution >= 4 is 17.7 Å². The number of carbonyl (C=O) groups excluding carboxylic acids is 3.